The van der Waals surface area contributed by atoms with Gasteiger partial charge >= 0.3 is 0 Å². The molecule has 8 heteroatoms. The molecule has 1 aliphatic heterocycles. The Morgan fingerprint density at radius 3 is 2.50 bits per heavy atom. The third kappa shape index (κ3) is 8.47. The molecule has 0 bridgehead atoms. The number of likely N-dealkylation sites (tertiary alicyclic amines) is 1. The highest BCUT2D eigenvalue weighted by molar-refractivity contribution is 14.0. The Balaban J connectivity index is 0.00000320. The molecule has 1 aromatic rings. The van der Waals surface area contributed by atoms with Crippen molar-refractivity contribution in [3.05, 3.63) is 23.8 Å². The molecule has 2 aliphatic rings. The summed E-state index contributed by atoms with van der Waals surface area (Å²) in [4.78, 5) is 7.12. The molecule has 0 aromatic heterocycles. The lowest BCUT2D eigenvalue weighted by atomic mass is 10.2. The predicted molar refractivity (Wildman–Crippen MR) is 131 cm³/mol. The van der Waals surface area contributed by atoms with Gasteiger partial charge in [-0.3, -0.25) is 9.89 Å². The first kappa shape index (κ1) is 25.0. The zero-order chi connectivity index (χ0) is 20.5. The molecule has 2 fully saturated rings. The molecule has 0 radical (unpaired) electrons. The number of aliphatic imine (C=N–C) groups is 1. The van der Waals surface area contributed by atoms with E-state index < -0.39 is 0 Å². The van der Waals surface area contributed by atoms with Crippen LogP contribution in [0.15, 0.2) is 23.2 Å². The van der Waals surface area contributed by atoms with E-state index in [2.05, 4.69) is 39.6 Å². The summed E-state index contributed by atoms with van der Waals surface area (Å²) in [7, 11) is 3.37. The van der Waals surface area contributed by atoms with Crippen molar-refractivity contribution in [1.29, 1.82) is 0 Å². The summed E-state index contributed by atoms with van der Waals surface area (Å²) in [5, 5.41) is 6.93. The molecule has 1 atom stereocenters. The molecule has 7 nitrogen and oxygen atoms in total. The molecule has 1 aliphatic carbocycles. The molecule has 1 saturated heterocycles. The highest BCUT2D eigenvalue weighted by Crippen LogP contribution is 2.28. The van der Waals surface area contributed by atoms with Crippen LogP contribution < -0.4 is 20.1 Å². The molecule has 2 N–H and O–H groups in total. The van der Waals surface area contributed by atoms with Crippen LogP contribution in [0, 0.1) is 5.92 Å². The summed E-state index contributed by atoms with van der Waals surface area (Å²) in [6.07, 6.45) is 3.76. The Kier molecular flexibility index (Phi) is 11.0. The van der Waals surface area contributed by atoms with Gasteiger partial charge in [0.25, 0.3) is 0 Å². The lowest BCUT2D eigenvalue weighted by Gasteiger charge is -2.19. The Morgan fingerprint density at radius 2 is 1.87 bits per heavy atom. The van der Waals surface area contributed by atoms with Crippen LogP contribution in [0.2, 0.25) is 0 Å². The van der Waals surface area contributed by atoms with Gasteiger partial charge in [0.15, 0.2) is 5.96 Å². The van der Waals surface area contributed by atoms with Gasteiger partial charge in [-0.15, -0.1) is 24.0 Å². The van der Waals surface area contributed by atoms with Crippen molar-refractivity contribution in [1.82, 2.24) is 15.5 Å². The molecule has 0 spiro atoms. The van der Waals surface area contributed by atoms with E-state index in [0.717, 1.165) is 62.6 Å². The fourth-order valence-electron chi connectivity index (χ4n) is 3.58. The van der Waals surface area contributed by atoms with Gasteiger partial charge in [-0.25, -0.2) is 0 Å². The minimum absolute atomic E-state index is 0. The van der Waals surface area contributed by atoms with Gasteiger partial charge < -0.3 is 24.8 Å². The Hall–Kier alpha value is -1.26. The van der Waals surface area contributed by atoms with E-state index in [1.54, 1.807) is 14.2 Å². The van der Waals surface area contributed by atoms with E-state index in [1.807, 2.05) is 6.07 Å². The minimum Gasteiger partial charge on any atom is -0.497 e. The Morgan fingerprint density at radius 1 is 1.13 bits per heavy atom. The largest absolute Gasteiger partial charge is 0.497 e. The van der Waals surface area contributed by atoms with Gasteiger partial charge in [0, 0.05) is 44.9 Å². The van der Waals surface area contributed by atoms with Crippen molar-refractivity contribution in [2.75, 3.05) is 53.6 Å². The van der Waals surface area contributed by atoms with Crippen LogP contribution in [0.5, 0.6) is 11.5 Å². The molecule has 3 rings (SSSR count). The Bertz CT molecular complexity index is 648. The first-order valence-corrected chi connectivity index (χ1v) is 10.8. The molecule has 30 heavy (non-hydrogen) atoms. The highest BCUT2D eigenvalue weighted by Gasteiger charge is 2.24. The van der Waals surface area contributed by atoms with Gasteiger partial charge in [0.2, 0.25) is 0 Å². The quantitative estimate of drug-likeness (QED) is 0.198. The lowest BCUT2D eigenvalue weighted by molar-refractivity contribution is 0.131. The number of hydrogen-bond acceptors (Lipinski definition) is 5. The highest BCUT2D eigenvalue weighted by atomic mass is 127. The third-order valence-corrected chi connectivity index (χ3v) is 5.33. The van der Waals surface area contributed by atoms with Crippen molar-refractivity contribution in [2.24, 2.45) is 10.9 Å². The summed E-state index contributed by atoms with van der Waals surface area (Å²) in [5.74, 6) is 3.36. The SMILES string of the molecule is CCNC(=NCCOCC1CC1)NC1CCN(Cc2cc(OC)cc(OC)c2)C1.I. The van der Waals surface area contributed by atoms with E-state index in [1.165, 1.54) is 18.4 Å². The lowest BCUT2D eigenvalue weighted by Crippen LogP contribution is -2.44. The van der Waals surface area contributed by atoms with Crippen molar-refractivity contribution in [2.45, 2.75) is 38.8 Å². The van der Waals surface area contributed by atoms with E-state index in [4.69, 9.17) is 14.2 Å². The summed E-state index contributed by atoms with van der Waals surface area (Å²) in [5.41, 5.74) is 1.20. The van der Waals surface area contributed by atoms with Gasteiger partial charge in [-0.05, 0) is 49.8 Å². The number of benzene rings is 1. The average Bonchev–Trinajstić information content (AvgIpc) is 3.46. The monoisotopic (exact) mass is 532 g/mol. The molecule has 1 aromatic carbocycles. The number of nitrogens with one attached hydrogen (secondary N) is 2. The maximum atomic E-state index is 5.69. The summed E-state index contributed by atoms with van der Waals surface area (Å²) < 4.78 is 16.5. The second-order valence-corrected chi connectivity index (χ2v) is 7.86. The number of guanidine groups is 1. The Labute approximate surface area is 197 Å². The van der Waals surface area contributed by atoms with Crippen LogP contribution in [0.25, 0.3) is 0 Å². The summed E-state index contributed by atoms with van der Waals surface area (Å²) in [6, 6.07) is 6.46. The van der Waals surface area contributed by atoms with Crippen LogP contribution in [-0.2, 0) is 11.3 Å². The second kappa shape index (κ2) is 13.2. The van der Waals surface area contributed by atoms with E-state index >= 15 is 0 Å². The van der Waals surface area contributed by atoms with Crippen LogP contribution in [0.3, 0.4) is 0 Å². The fourth-order valence-corrected chi connectivity index (χ4v) is 3.58. The first-order chi connectivity index (χ1) is 14.2. The van der Waals surface area contributed by atoms with Gasteiger partial charge in [0.05, 0.1) is 27.4 Å². The topological polar surface area (TPSA) is 67.4 Å². The average molecular weight is 532 g/mol. The molecular formula is C22H37IN4O3. The summed E-state index contributed by atoms with van der Waals surface area (Å²) >= 11 is 0. The maximum absolute atomic E-state index is 5.69. The molecule has 1 heterocycles. The third-order valence-electron chi connectivity index (χ3n) is 5.33. The van der Waals surface area contributed by atoms with Crippen molar-refractivity contribution in [3.8, 4) is 11.5 Å². The van der Waals surface area contributed by atoms with Gasteiger partial charge in [0.1, 0.15) is 11.5 Å². The molecule has 170 valence electrons. The van der Waals surface area contributed by atoms with Crippen LogP contribution in [-0.4, -0.2) is 70.5 Å². The van der Waals surface area contributed by atoms with Crippen LogP contribution in [0.1, 0.15) is 31.7 Å². The molecule has 1 saturated carbocycles. The molecule has 1 unspecified atom stereocenters. The number of ether oxygens (including phenoxy) is 3. The number of halogens is 1. The van der Waals surface area contributed by atoms with E-state index in [0.29, 0.717) is 19.2 Å². The zero-order valence-electron chi connectivity index (χ0n) is 18.5. The number of nitrogens with zero attached hydrogens (tertiary/aromatic N) is 2. The summed E-state index contributed by atoms with van der Waals surface area (Å²) in [6.45, 7) is 8.17. The van der Waals surface area contributed by atoms with Gasteiger partial charge in [-0.1, -0.05) is 0 Å². The second-order valence-electron chi connectivity index (χ2n) is 7.86. The molecule has 0 amide bonds. The van der Waals surface area contributed by atoms with Gasteiger partial charge in [-0.2, -0.15) is 0 Å². The van der Waals surface area contributed by atoms with Crippen molar-refractivity contribution < 1.29 is 14.2 Å². The van der Waals surface area contributed by atoms with E-state index in [9.17, 15) is 0 Å². The number of methoxy groups -OCH3 is 2. The number of hydrogen-bond donors (Lipinski definition) is 2. The minimum atomic E-state index is 0. The van der Waals surface area contributed by atoms with E-state index in [-0.39, 0.29) is 24.0 Å². The standard InChI is InChI=1S/C22H36N4O3.HI/c1-4-23-22(24-8-10-29-16-17-5-6-17)25-19-7-9-26(15-19)14-18-11-20(27-2)13-21(12-18)28-3;/h11-13,17,19H,4-10,14-16H2,1-3H3,(H2,23,24,25);1H. The zero-order valence-corrected chi connectivity index (χ0v) is 20.8. The van der Waals surface area contributed by atoms with Crippen molar-refractivity contribution in [3.63, 3.8) is 0 Å². The smallest absolute Gasteiger partial charge is 0.191 e. The maximum Gasteiger partial charge on any atom is 0.191 e. The first-order valence-electron chi connectivity index (χ1n) is 10.8. The fraction of sp³-hybridized carbons (Fsp3) is 0.682. The normalized spacial score (nSPS) is 19.3. The predicted octanol–water partition coefficient (Wildman–Crippen LogP) is 2.88. The molecular weight excluding hydrogens is 495 g/mol. The van der Waals surface area contributed by atoms with Crippen molar-refractivity contribution >= 4 is 29.9 Å². The number of rotatable bonds is 11. The van der Waals surface area contributed by atoms with Crippen LogP contribution in [0.4, 0.5) is 0 Å². The van der Waals surface area contributed by atoms with Crippen LogP contribution >= 0.6 is 24.0 Å².